The fourth-order valence-corrected chi connectivity index (χ4v) is 1.23. The number of rotatable bonds is 0. The summed E-state index contributed by atoms with van der Waals surface area (Å²) in [4.78, 5) is 0. The fourth-order valence-electron chi connectivity index (χ4n) is 0.517. The average Bonchev–Trinajstić information content (AvgIpc) is 2.28. The van der Waals surface area contributed by atoms with E-state index >= 15 is 0 Å². The molecule has 0 atom stereocenters. The van der Waals surface area contributed by atoms with Crippen molar-refractivity contribution in [1.82, 2.24) is 10.2 Å². The van der Waals surface area contributed by atoms with Gasteiger partial charge in [-0.25, -0.2) is 0 Å². The van der Waals surface area contributed by atoms with Gasteiger partial charge in [0, 0.05) is 0 Å². The van der Waals surface area contributed by atoms with Gasteiger partial charge in [-0.15, -0.1) is 10.2 Å². The molecule has 0 unspecified atom stereocenters. The molecule has 13 heavy (non-hydrogen) atoms. The van der Waals surface area contributed by atoms with Crippen molar-refractivity contribution in [3.63, 3.8) is 0 Å². The molecule has 0 aliphatic heterocycles. The molecule has 0 N–H and O–H groups in total. The molecular weight excluding hydrogens is 221 g/mol. The minimum Gasteiger partial charge on any atom is -0.164 e. The molecule has 1 aromatic rings. The number of aromatic nitrogens is 2. The van der Waals surface area contributed by atoms with Crippen molar-refractivity contribution >= 4 is 8.19 Å². The second-order valence-corrected chi connectivity index (χ2v) is 3.21. The van der Waals surface area contributed by atoms with Crippen LogP contribution in [0.1, 0.15) is 10.9 Å². The lowest BCUT2D eigenvalue weighted by Gasteiger charge is -2.00. The topological polar surface area (TPSA) is 25.8 Å². The molecule has 0 saturated heterocycles. The first-order chi connectivity index (χ1) is 5.71. The van der Waals surface area contributed by atoms with Crippen molar-refractivity contribution in [1.29, 1.82) is 0 Å². The molecule has 9 heteroatoms. The molecule has 1 aromatic heterocycles. The van der Waals surface area contributed by atoms with E-state index < -0.39 is 31.4 Å². The normalized spacial score (nSPS) is 13.4. The maximum Gasteiger partial charge on any atom is 0.438 e. The first-order valence-electron chi connectivity index (χ1n) is 2.78. The highest BCUT2D eigenvalue weighted by Gasteiger charge is 2.40. The number of halogens is 6. The van der Waals surface area contributed by atoms with Gasteiger partial charge in [-0.3, -0.25) is 0 Å². The molecule has 0 saturated carbocycles. The summed E-state index contributed by atoms with van der Waals surface area (Å²) in [6.45, 7) is 0. The molecule has 74 valence electrons. The van der Waals surface area contributed by atoms with Crippen LogP contribution in [0.25, 0.3) is 0 Å². The molecule has 2 nitrogen and oxygen atoms in total. The maximum absolute atomic E-state index is 11.8. The molecule has 1 rings (SSSR count). The Kier molecular flexibility index (Phi) is 2.27. The quantitative estimate of drug-likeness (QED) is 0.630. The van der Waals surface area contributed by atoms with Crippen LogP contribution < -0.4 is 0 Å². The summed E-state index contributed by atoms with van der Waals surface area (Å²) in [5, 5.41) is 4.85. The second-order valence-electron chi connectivity index (χ2n) is 2.02. The van der Waals surface area contributed by atoms with Gasteiger partial charge < -0.3 is 0 Å². The fraction of sp³-hybridized carbons (Fsp3) is 0.500. The molecule has 0 aliphatic carbocycles. The van der Waals surface area contributed by atoms with E-state index in [1.165, 1.54) is 0 Å². The lowest BCUT2D eigenvalue weighted by molar-refractivity contribution is -0.139. The molecule has 0 aromatic carbocycles. The lowest BCUT2D eigenvalue weighted by Crippen LogP contribution is -2.03. The zero-order valence-electron chi connectivity index (χ0n) is 5.66. The third-order valence-electron chi connectivity index (χ3n) is 1.02. The van der Waals surface area contributed by atoms with Gasteiger partial charge in [-0.05, 0) is 0 Å². The van der Waals surface area contributed by atoms with Gasteiger partial charge in [-0.1, -0.05) is 8.19 Å². The summed E-state index contributed by atoms with van der Waals surface area (Å²) < 4.78 is 70.5. The van der Waals surface area contributed by atoms with Crippen LogP contribution in [-0.2, 0) is 12.4 Å². The number of alkyl halides is 6. The standard InChI is InChI=1S/C4HF6N2P/c5-3(6,7)1-11-12-2(13-1)4(8,9)10/h13H. The summed E-state index contributed by atoms with van der Waals surface area (Å²) in [7, 11) is -1.56. The van der Waals surface area contributed by atoms with Crippen molar-refractivity contribution in [3.8, 4) is 0 Å². The molecule has 1 heterocycles. The van der Waals surface area contributed by atoms with Crippen LogP contribution in [0.15, 0.2) is 0 Å². The molecule has 0 radical (unpaired) electrons. The van der Waals surface area contributed by atoms with Gasteiger partial charge in [0.2, 0.25) is 0 Å². The van der Waals surface area contributed by atoms with E-state index in [-0.39, 0.29) is 0 Å². The lowest BCUT2D eigenvalue weighted by atomic mass is 10.7. The van der Waals surface area contributed by atoms with Crippen LogP contribution in [0.2, 0.25) is 0 Å². The Morgan fingerprint density at radius 3 is 1.23 bits per heavy atom. The van der Waals surface area contributed by atoms with E-state index in [0.717, 1.165) is 0 Å². The van der Waals surface area contributed by atoms with Crippen molar-refractivity contribution < 1.29 is 26.3 Å². The van der Waals surface area contributed by atoms with Gasteiger partial charge in [-0.2, -0.15) is 26.3 Å². The van der Waals surface area contributed by atoms with Crippen LogP contribution in [0, 0.1) is 0 Å². The minimum atomic E-state index is -4.82. The highest BCUT2D eigenvalue weighted by atomic mass is 31.0. The van der Waals surface area contributed by atoms with E-state index in [9.17, 15) is 26.3 Å². The van der Waals surface area contributed by atoms with Crippen LogP contribution >= 0.6 is 8.19 Å². The van der Waals surface area contributed by atoms with Crippen LogP contribution in [-0.4, -0.2) is 10.2 Å². The summed E-state index contributed by atoms with van der Waals surface area (Å²) in [5.74, 6) is 0. The summed E-state index contributed by atoms with van der Waals surface area (Å²) in [5.41, 5.74) is -2.97. The summed E-state index contributed by atoms with van der Waals surface area (Å²) in [6, 6.07) is 0. The third-order valence-corrected chi connectivity index (χ3v) is 2.26. The van der Waals surface area contributed by atoms with E-state index in [4.69, 9.17) is 0 Å². The monoisotopic (exact) mass is 222 g/mol. The highest BCUT2D eigenvalue weighted by Crippen LogP contribution is 2.40. The molecule has 0 spiro atoms. The van der Waals surface area contributed by atoms with E-state index in [1.54, 1.807) is 0 Å². The van der Waals surface area contributed by atoms with E-state index in [1.807, 2.05) is 0 Å². The zero-order chi connectivity index (χ0) is 10.3. The summed E-state index contributed by atoms with van der Waals surface area (Å²) >= 11 is 0. The maximum atomic E-state index is 11.8. The number of nitrogens with zero attached hydrogens (tertiary/aromatic N) is 2. The molecular formula is C4HF6N2P. The van der Waals surface area contributed by atoms with Crippen molar-refractivity contribution in [2.45, 2.75) is 12.4 Å². The van der Waals surface area contributed by atoms with Gasteiger partial charge >= 0.3 is 12.4 Å². The predicted molar refractivity (Wildman–Crippen MR) is 31.5 cm³/mol. The largest absolute Gasteiger partial charge is 0.438 e. The molecule has 0 fully saturated rings. The molecule has 0 aliphatic rings. The van der Waals surface area contributed by atoms with Gasteiger partial charge in [0.25, 0.3) is 0 Å². The highest BCUT2D eigenvalue weighted by molar-refractivity contribution is 7.31. The van der Waals surface area contributed by atoms with E-state index in [2.05, 4.69) is 10.2 Å². The predicted octanol–water partition coefficient (Wildman–Crippen LogP) is 2.55. The first-order valence-corrected chi connectivity index (χ1v) is 3.78. The Bertz CT molecular complexity index is 270. The van der Waals surface area contributed by atoms with Crippen molar-refractivity contribution in [2.75, 3.05) is 0 Å². The van der Waals surface area contributed by atoms with Crippen molar-refractivity contribution in [2.24, 2.45) is 0 Å². The Hall–Kier alpha value is -0.780. The van der Waals surface area contributed by atoms with Gasteiger partial charge in [0.1, 0.15) is 0 Å². The number of hydrogen-bond acceptors (Lipinski definition) is 2. The molecule has 0 bridgehead atoms. The third kappa shape index (κ3) is 2.33. The first kappa shape index (κ1) is 10.3. The van der Waals surface area contributed by atoms with E-state index in [0.29, 0.717) is 0 Å². The van der Waals surface area contributed by atoms with Crippen molar-refractivity contribution in [3.05, 3.63) is 10.9 Å². The van der Waals surface area contributed by atoms with Gasteiger partial charge in [0.05, 0.1) is 0 Å². The van der Waals surface area contributed by atoms with Crippen LogP contribution in [0.3, 0.4) is 0 Å². The SMILES string of the molecule is FC(F)(F)c1nnc(C(F)(F)F)[pH]1. The van der Waals surface area contributed by atoms with Crippen LogP contribution in [0.4, 0.5) is 26.3 Å². The Morgan fingerprint density at radius 2 is 1.08 bits per heavy atom. The zero-order valence-corrected chi connectivity index (χ0v) is 6.66. The Morgan fingerprint density at radius 1 is 0.769 bits per heavy atom. The Balaban J connectivity index is 3.01. The second kappa shape index (κ2) is 2.87. The molecule has 0 amide bonds. The van der Waals surface area contributed by atoms with Gasteiger partial charge in [0.15, 0.2) is 10.9 Å². The minimum absolute atomic E-state index is 1.49. The smallest absolute Gasteiger partial charge is 0.164 e. The average molecular weight is 222 g/mol. The Labute approximate surface area is 69.0 Å². The summed E-state index contributed by atoms with van der Waals surface area (Å²) in [6.07, 6.45) is -9.65. The number of hydrogen-bond donors (Lipinski definition) is 0. The van der Waals surface area contributed by atoms with Crippen LogP contribution in [0.5, 0.6) is 0 Å².